The van der Waals surface area contributed by atoms with Crippen LogP contribution in [0.1, 0.15) is 29.8 Å². The first kappa shape index (κ1) is 11.9. The van der Waals surface area contributed by atoms with Crippen LogP contribution in [0.2, 0.25) is 0 Å². The molecule has 1 aliphatic rings. The lowest BCUT2D eigenvalue weighted by Gasteiger charge is -2.30. The van der Waals surface area contributed by atoms with E-state index in [0.29, 0.717) is 31.7 Å². The minimum Gasteiger partial charge on any atom is -0.461 e. The molecule has 1 fully saturated rings. The summed E-state index contributed by atoms with van der Waals surface area (Å²) in [6.07, 6.45) is 3.22. The lowest BCUT2D eigenvalue weighted by molar-refractivity contribution is -0.131. The molecule has 0 saturated carbocycles. The van der Waals surface area contributed by atoms with Crippen molar-refractivity contribution in [3.8, 4) is 0 Å². The van der Waals surface area contributed by atoms with Crippen LogP contribution < -0.4 is 0 Å². The highest BCUT2D eigenvalue weighted by atomic mass is 16.3. The monoisotopic (exact) mass is 234 g/mol. The first-order valence-corrected chi connectivity index (χ1v) is 5.87. The number of rotatable bonds is 3. The van der Waals surface area contributed by atoms with E-state index in [1.807, 2.05) is 0 Å². The zero-order chi connectivity index (χ0) is 12.3. The molecule has 4 nitrogen and oxygen atoms in total. The largest absolute Gasteiger partial charge is 0.461 e. The molecule has 0 bridgehead atoms. The van der Waals surface area contributed by atoms with Gasteiger partial charge in [0.2, 0.25) is 11.7 Å². The van der Waals surface area contributed by atoms with E-state index in [9.17, 15) is 9.59 Å². The van der Waals surface area contributed by atoms with Crippen LogP contribution in [0.15, 0.2) is 22.8 Å². The van der Waals surface area contributed by atoms with E-state index in [-0.39, 0.29) is 24.0 Å². The summed E-state index contributed by atoms with van der Waals surface area (Å²) in [6, 6.07) is 3.41. The zero-order valence-electron chi connectivity index (χ0n) is 9.72. The molecular weight excluding hydrogens is 218 g/mol. The second-order valence-corrected chi connectivity index (χ2v) is 4.25. The standard InChI is InChI=1S/C13H16NO3/c1-2-12(15)14-7-5-10(6-8-14)13(16)11-4-3-9-17-11/h3-4,9-10H,1-2,5-8H2. The molecule has 1 aromatic rings. The molecule has 0 atom stereocenters. The Balaban J connectivity index is 1.91. The third-order valence-corrected chi connectivity index (χ3v) is 3.20. The summed E-state index contributed by atoms with van der Waals surface area (Å²) in [5.41, 5.74) is 0. The molecule has 2 heterocycles. The van der Waals surface area contributed by atoms with Crippen molar-refractivity contribution in [1.82, 2.24) is 4.90 Å². The maximum Gasteiger partial charge on any atom is 0.222 e. The minimum atomic E-state index is -0.0185. The van der Waals surface area contributed by atoms with Gasteiger partial charge in [0, 0.05) is 25.4 Å². The SMILES string of the molecule is [CH2]CC(=O)N1CCC(C(=O)c2ccco2)CC1. The van der Waals surface area contributed by atoms with Crippen LogP contribution in [-0.2, 0) is 4.79 Å². The lowest BCUT2D eigenvalue weighted by Crippen LogP contribution is -2.39. The summed E-state index contributed by atoms with van der Waals surface area (Å²) in [7, 11) is 0. The number of hydrogen-bond acceptors (Lipinski definition) is 3. The van der Waals surface area contributed by atoms with E-state index in [4.69, 9.17) is 4.42 Å². The van der Waals surface area contributed by atoms with Crippen LogP contribution in [0.3, 0.4) is 0 Å². The Morgan fingerprint density at radius 3 is 2.65 bits per heavy atom. The Bertz CT molecular complexity index is 389. The number of carbonyl (C=O) groups excluding carboxylic acids is 2. The van der Waals surface area contributed by atoms with Gasteiger partial charge in [-0.3, -0.25) is 9.59 Å². The number of amides is 1. The van der Waals surface area contributed by atoms with Crippen LogP contribution in [-0.4, -0.2) is 29.7 Å². The van der Waals surface area contributed by atoms with Gasteiger partial charge in [0.25, 0.3) is 0 Å². The van der Waals surface area contributed by atoms with Crippen LogP contribution in [0, 0.1) is 12.8 Å². The molecule has 0 aliphatic carbocycles. The molecule has 1 aromatic heterocycles. The second kappa shape index (κ2) is 5.17. The number of furan rings is 1. The highest BCUT2D eigenvalue weighted by Crippen LogP contribution is 2.22. The first-order valence-electron chi connectivity index (χ1n) is 5.87. The molecule has 1 aliphatic heterocycles. The van der Waals surface area contributed by atoms with Gasteiger partial charge in [-0.05, 0) is 31.9 Å². The van der Waals surface area contributed by atoms with Gasteiger partial charge in [-0.2, -0.15) is 0 Å². The Morgan fingerprint density at radius 2 is 2.12 bits per heavy atom. The van der Waals surface area contributed by atoms with Gasteiger partial charge >= 0.3 is 0 Å². The summed E-state index contributed by atoms with van der Waals surface area (Å²) in [6.45, 7) is 4.87. The number of Topliss-reactive ketones (excluding diaryl/α,β-unsaturated/α-hetero) is 1. The molecule has 0 aromatic carbocycles. The molecular formula is C13H16NO3. The normalized spacial score (nSPS) is 17.1. The molecule has 2 rings (SSSR count). The average Bonchev–Trinajstić information content (AvgIpc) is 2.91. The number of nitrogens with zero attached hydrogens (tertiary/aromatic N) is 1. The van der Waals surface area contributed by atoms with Gasteiger partial charge in [0.1, 0.15) is 0 Å². The molecule has 4 heteroatoms. The van der Waals surface area contributed by atoms with Gasteiger partial charge in [-0.15, -0.1) is 0 Å². The number of ketones is 1. The van der Waals surface area contributed by atoms with Crippen molar-refractivity contribution in [2.75, 3.05) is 13.1 Å². The highest BCUT2D eigenvalue weighted by molar-refractivity contribution is 5.95. The molecule has 1 saturated heterocycles. The van der Waals surface area contributed by atoms with Crippen LogP contribution in [0.25, 0.3) is 0 Å². The van der Waals surface area contributed by atoms with E-state index >= 15 is 0 Å². The van der Waals surface area contributed by atoms with Crippen molar-refractivity contribution in [3.05, 3.63) is 31.1 Å². The van der Waals surface area contributed by atoms with Gasteiger partial charge in [-0.25, -0.2) is 0 Å². The Hall–Kier alpha value is -1.58. The lowest BCUT2D eigenvalue weighted by atomic mass is 9.91. The minimum absolute atomic E-state index is 0.0185. The van der Waals surface area contributed by atoms with Crippen molar-refractivity contribution in [2.24, 2.45) is 5.92 Å². The molecule has 17 heavy (non-hydrogen) atoms. The van der Waals surface area contributed by atoms with E-state index in [1.165, 1.54) is 6.26 Å². The fourth-order valence-electron chi connectivity index (χ4n) is 2.17. The Kier molecular flexibility index (Phi) is 3.61. The number of hydrogen-bond donors (Lipinski definition) is 0. The van der Waals surface area contributed by atoms with Gasteiger partial charge < -0.3 is 9.32 Å². The number of piperidine rings is 1. The van der Waals surface area contributed by atoms with Crippen molar-refractivity contribution < 1.29 is 14.0 Å². The Morgan fingerprint density at radius 1 is 1.41 bits per heavy atom. The highest BCUT2D eigenvalue weighted by Gasteiger charge is 2.28. The van der Waals surface area contributed by atoms with Crippen molar-refractivity contribution in [1.29, 1.82) is 0 Å². The second-order valence-electron chi connectivity index (χ2n) is 4.25. The molecule has 0 spiro atoms. The first-order chi connectivity index (χ1) is 8.22. The van der Waals surface area contributed by atoms with Crippen LogP contribution in [0.5, 0.6) is 0 Å². The summed E-state index contributed by atoms with van der Waals surface area (Å²) in [5.74, 6) is 0.521. The summed E-state index contributed by atoms with van der Waals surface area (Å²) < 4.78 is 5.10. The molecule has 1 amide bonds. The predicted octanol–water partition coefficient (Wildman–Crippen LogP) is 1.93. The number of likely N-dealkylation sites (tertiary alicyclic amines) is 1. The third-order valence-electron chi connectivity index (χ3n) is 3.20. The van der Waals surface area contributed by atoms with Gasteiger partial charge in [0.15, 0.2) is 5.76 Å². The van der Waals surface area contributed by atoms with Crippen LogP contribution in [0.4, 0.5) is 0 Å². The van der Waals surface area contributed by atoms with Crippen LogP contribution >= 0.6 is 0 Å². The van der Waals surface area contributed by atoms with Crippen molar-refractivity contribution in [2.45, 2.75) is 19.3 Å². The average molecular weight is 234 g/mol. The smallest absolute Gasteiger partial charge is 0.222 e. The number of carbonyl (C=O) groups is 2. The van der Waals surface area contributed by atoms with E-state index < -0.39 is 0 Å². The third kappa shape index (κ3) is 2.57. The zero-order valence-corrected chi connectivity index (χ0v) is 9.72. The fraction of sp³-hybridized carbons (Fsp3) is 0.462. The summed E-state index contributed by atoms with van der Waals surface area (Å²) in [4.78, 5) is 25.2. The maximum atomic E-state index is 12.0. The fourth-order valence-corrected chi connectivity index (χ4v) is 2.17. The van der Waals surface area contributed by atoms with Gasteiger partial charge in [-0.1, -0.05) is 0 Å². The van der Waals surface area contributed by atoms with E-state index in [0.717, 1.165) is 0 Å². The molecule has 0 N–H and O–H groups in total. The quantitative estimate of drug-likeness (QED) is 0.751. The molecule has 1 radical (unpaired) electrons. The van der Waals surface area contributed by atoms with Gasteiger partial charge in [0.05, 0.1) is 6.26 Å². The van der Waals surface area contributed by atoms with Crippen molar-refractivity contribution >= 4 is 11.7 Å². The van der Waals surface area contributed by atoms with Crippen molar-refractivity contribution in [3.63, 3.8) is 0 Å². The predicted molar refractivity (Wildman–Crippen MR) is 62.3 cm³/mol. The summed E-state index contributed by atoms with van der Waals surface area (Å²) >= 11 is 0. The van der Waals surface area contributed by atoms with E-state index in [2.05, 4.69) is 6.92 Å². The molecule has 0 unspecified atom stereocenters. The molecule has 91 valence electrons. The maximum absolute atomic E-state index is 12.0. The van der Waals surface area contributed by atoms with E-state index in [1.54, 1.807) is 17.0 Å². The topological polar surface area (TPSA) is 50.5 Å². The summed E-state index contributed by atoms with van der Waals surface area (Å²) in [5, 5.41) is 0. The Labute approximate surface area is 101 Å².